The van der Waals surface area contributed by atoms with Crippen LogP contribution in [-0.2, 0) is 0 Å². The van der Waals surface area contributed by atoms with Gasteiger partial charge in [-0.2, -0.15) is 0 Å². The second kappa shape index (κ2) is 5.02. The number of fused-ring (bicyclic) bond motifs is 1. The zero-order valence-electron chi connectivity index (χ0n) is 11.5. The number of aromatic nitrogens is 2. The molecule has 3 heteroatoms. The van der Waals surface area contributed by atoms with Crippen LogP contribution in [0.25, 0.3) is 10.9 Å². The van der Waals surface area contributed by atoms with E-state index in [0.29, 0.717) is 0 Å². The fraction of sp³-hybridized carbons (Fsp3) is 0.176. The highest BCUT2D eigenvalue weighted by Crippen LogP contribution is 2.25. The number of aryl methyl sites for hydroxylation is 2. The molecule has 2 heterocycles. The van der Waals surface area contributed by atoms with E-state index in [-0.39, 0.29) is 0 Å². The summed E-state index contributed by atoms with van der Waals surface area (Å²) in [5.74, 6) is 0. The Kier molecular flexibility index (Phi) is 3.20. The highest BCUT2D eigenvalue weighted by molar-refractivity contribution is 5.79. The average molecular weight is 264 g/mol. The largest absolute Gasteiger partial charge is 0.384 e. The van der Waals surface area contributed by atoms with E-state index >= 15 is 0 Å². The Bertz CT molecular complexity index is 768. The van der Waals surface area contributed by atoms with E-state index in [1.807, 2.05) is 50.2 Å². The number of nitrogens with zero attached hydrogens (tertiary/aromatic N) is 2. The molecule has 1 atom stereocenters. The van der Waals surface area contributed by atoms with Gasteiger partial charge in [0.2, 0.25) is 0 Å². The zero-order chi connectivity index (χ0) is 14.1. The van der Waals surface area contributed by atoms with Gasteiger partial charge in [-0.1, -0.05) is 18.2 Å². The fourth-order valence-corrected chi connectivity index (χ4v) is 2.34. The van der Waals surface area contributed by atoms with Crippen LogP contribution in [0.15, 0.2) is 48.8 Å². The highest BCUT2D eigenvalue weighted by atomic mass is 16.3. The van der Waals surface area contributed by atoms with Gasteiger partial charge in [0, 0.05) is 29.0 Å². The van der Waals surface area contributed by atoms with Crippen LogP contribution in [0.1, 0.15) is 28.5 Å². The second-order valence-corrected chi connectivity index (χ2v) is 5.10. The van der Waals surface area contributed by atoms with E-state index in [0.717, 1.165) is 33.3 Å². The first-order valence-electron chi connectivity index (χ1n) is 6.60. The molecule has 0 bridgehead atoms. The minimum Gasteiger partial charge on any atom is -0.384 e. The van der Waals surface area contributed by atoms with Crippen LogP contribution in [0.4, 0.5) is 0 Å². The van der Waals surface area contributed by atoms with E-state index in [1.54, 1.807) is 12.4 Å². The normalized spacial score (nSPS) is 12.6. The first kappa shape index (κ1) is 12.8. The predicted molar refractivity (Wildman–Crippen MR) is 79.5 cm³/mol. The monoisotopic (exact) mass is 264 g/mol. The lowest BCUT2D eigenvalue weighted by atomic mass is 10.0. The molecule has 0 fully saturated rings. The minimum absolute atomic E-state index is 0.659. The first-order valence-corrected chi connectivity index (χ1v) is 6.60. The summed E-state index contributed by atoms with van der Waals surface area (Å²) in [6.07, 6.45) is 2.83. The van der Waals surface area contributed by atoms with E-state index < -0.39 is 6.10 Å². The predicted octanol–water partition coefficient (Wildman–Crippen LogP) is 3.33. The van der Waals surface area contributed by atoms with Crippen molar-refractivity contribution >= 4 is 10.9 Å². The van der Waals surface area contributed by atoms with Crippen molar-refractivity contribution in [3.63, 3.8) is 0 Å². The molecule has 3 nitrogen and oxygen atoms in total. The van der Waals surface area contributed by atoms with Gasteiger partial charge in [-0.05, 0) is 43.2 Å². The van der Waals surface area contributed by atoms with Gasteiger partial charge in [-0.15, -0.1) is 0 Å². The van der Waals surface area contributed by atoms with Crippen LogP contribution in [-0.4, -0.2) is 15.1 Å². The Morgan fingerprint density at radius 3 is 2.60 bits per heavy atom. The van der Waals surface area contributed by atoms with Crippen molar-refractivity contribution in [2.45, 2.75) is 20.0 Å². The first-order chi connectivity index (χ1) is 9.63. The van der Waals surface area contributed by atoms with E-state index in [2.05, 4.69) is 9.97 Å². The molecule has 0 aliphatic carbocycles. The smallest absolute Gasteiger partial charge is 0.106 e. The van der Waals surface area contributed by atoms with Crippen molar-refractivity contribution in [1.82, 2.24) is 9.97 Å². The van der Waals surface area contributed by atoms with E-state index in [9.17, 15) is 5.11 Å². The van der Waals surface area contributed by atoms with Crippen LogP contribution >= 0.6 is 0 Å². The molecule has 0 saturated carbocycles. The molecule has 1 N–H and O–H groups in total. The van der Waals surface area contributed by atoms with Gasteiger partial charge in [0.25, 0.3) is 0 Å². The van der Waals surface area contributed by atoms with Gasteiger partial charge in [-0.25, -0.2) is 0 Å². The van der Waals surface area contributed by atoms with Crippen LogP contribution in [0.2, 0.25) is 0 Å². The SMILES string of the molecule is Cc1cncc(C(O)c2ccc3nc(C)ccc3c2)c1. The van der Waals surface area contributed by atoms with Crippen LogP contribution in [0, 0.1) is 13.8 Å². The van der Waals surface area contributed by atoms with Crippen molar-refractivity contribution < 1.29 is 5.11 Å². The fourth-order valence-electron chi connectivity index (χ4n) is 2.34. The van der Waals surface area contributed by atoms with Gasteiger partial charge in [-0.3, -0.25) is 9.97 Å². The van der Waals surface area contributed by atoms with Crippen molar-refractivity contribution in [2.24, 2.45) is 0 Å². The molecule has 3 rings (SSSR count). The standard InChI is InChI=1S/C17H16N2O/c1-11-7-15(10-18-9-11)17(20)14-5-6-16-13(8-14)4-3-12(2)19-16/h3-10,17,20H,1-2H3. The Morgan fingerprint density at radius 1 is 0.950 bits per heavy atom. The average Bonchev–Trinajstić information content (AvgIpc) is 2.46. The van der Waals surface area contributed by atoms with Gasteiger partial charge >= 0.3 is 0 Å². The summed E-state index contributed by atoms with van der Waals surface area (Å²) in [5, 5.41) is 11.5. The van der Waals surface area contributed by atoms with Crippen LogP contribution < -0.4 is 0 Å². The van der Waals surface area contributed by atoms with Crippen LogP contribution in [0.3, 0.4) is 0 Å². The van der Waals surface area contributed by atoms with E-state index in [4.69, 9.17) is 0 Å². The number of hydrogen-bond acceptors (Lipinski definition) is 3. The molecule has 3 aromatic rings. The van der Waals surface area contributed by atoms with Crippen molar-refractivity contribution in [3.8, 4) is 0 Å². The quantitative estimate of drug-likeness (QED) is 0.772. The molecule has 0 spiro atoms. The van der Waals surface area contributed by atoms with Crippen molar-refractivity contribution in [1.29, 1.82) is 0 Å². The van der Waals surface area contributed by atoms with E-state index in [1.165, 1.54) is 0 Å². The molecule has 0 radical (unpaired) electrons. The van der Waals surface area contributed by atoms with Gasteiger partial charge in [0.15, 0.2) is 0 Å². The molecule has 20 heavy (non-hydrogen) atoms. The third kappa shape index (κ3) is 2.40. The number of aliphatic hydroxyl groups is 1. The molecule has 100 valence electrons. The lowest BCUT2D eigenvalue weighted by Gasteiger charge is -2.12. The zero-order valence-corrected chi connectivity index (χ0v) is 11.5. The van der Waals surface area contributed by atoms with Crippen LogP contribution in [0.5, 0.6) is 0 Å². The second-order valence-electron chi connectivity index (χ2n) is 5.10. The maximum Gasteiger partial charge on any atom is 0.106 e. The number of rotatable bonds is 2. The summed E-state index contributed by atoms with van der Waals surface area (Å²) in [6.45, 7) is 3.94. The molecule has 0 saturated heterocycles. The number of hydrogen-bond donors (Lipinski definition) is 1. The number of pyridine rings is 2. The Labute approximate surface area is 117 Å². The summed E-state index contributed by atoms with van der Waals surface area (Å²) >= 11 is 0. The molecular formula is C17H16N2O. The Hall–Kier alpha value is -2.26. The van der Waals surface area contributed by atoms with Crippen molar-refractivity contribution in [3.05, 3.63) is 71.2 Å². The lowest BCUT2D eigenvalue weighted by Crippen LogP contribution is -2.01. The van der Waals surface area contributed by atoms with Gasteiger partial charge < -0.3 is 5.11 Å². The Balaban J connectivity index is 2.03. The summed E-state index contributed by atoms with van der Waals surface area (Å²) in [7, 11) is 0. The molecular weight excluding hydrogens is 248 g/mol. The lowest BCUT2D eigenvalue weighted by molar-refractivity contribution is 0.220. The minimum atomic E-state index is -0.659. The molecule has 1 aromatic carbocycles. The van der Waals surface area contributed by atoms with Crippen molar-refractivity contribution in [2.75, 3.05) is 0 Å². The molecule has 0 amide bonds. The summed E-state index contributed by atoms with van der Waals surface area (Å²) in [4.78, 5) is 8.60. The summed E-state index contributed by atoms with van der Waals surface area (Å²) < 4.78 is 0. The molecule has 0 aliphatic heterocycles. The summed E-state index contributed by atoms with van der Waals surface area (Å²) in [6, 6.07) is 11.8. The summed E-state index contributed by atoms with van der Waals surface area (Å²) in [5.41, 5.74) is 4.65. The number of aliphatic hydroxyl groups excluding tert-OH is 1. The third-order valence-electron chi connectivity index (χ3n) is 3.38. The molecule has 1 unspecified atom stereocenters. The van der Waals surface area contributed by atoms with Gasteiger partial charge in [0.05, 0.1) is 5.52 Å². The Morgan fingerprint density at radius 2 is 1.80 bits per heavy atom. The highest BCUT2D eigenvalue weighted by Gasteiger charge is 2.11. The maximum absolute atomic E-state index is 10.5. The maximum atomic E-state index is 10.5. The number of benzene rings is 1. The molecule has 0 aliphatic rings. The topological polar surface area (TPSA) is 46.0 Å². The third-order valence-corrected chi connectivity index (χ3v) is 3.38. The van der Waals surface area contributed by atoms with Gasteiger partial charge in [0.1, 0.15) is 6.10 Å². The molecule has 2 aromatic heterocycles.